The number of nitrogens with zero attached hydrogens (tertiary/aromatic N) is 5. The van der Waals surface area contributed by atoms with Crippen LogP contribution < -0.4 is 0 Å². The maximum absolute atomic E-state index is 13.4. The summed E-state index contributed by atoms with van der Waals surface area (Å²) in [5.41, 5.74) is 1.83. The molecule has 33 heavy (non-hydrogen) atoms. The standard InChI is InChI=1S/C22H23F2N5O3S/c1-5-6-13(12(2)3)22(7-8-22)21-26-19(32-28-21)15-9-14(18(23)24)27-29(15)11-17-25-10-16(33-17)20(30)31-4/h5-6,9-10,18H,7-8,11H2,1-4H3/b6-5-. The summed E-state index contributed by atoms with van der Waals surface area (Å²) >= 11 is 1.10. The van der Waals surface area contributed by atoms with E-state index in [0.29, 0.717) is 15.7 Å². The number of ether oxygens (including phenoxy) is 1. The van der Waals surface area contributed by atoms with Crippen LogP contribution in [0.5, 0.6) is 0 Å². The predicted molar refractivity (Wildman–Crippen MR) is 117 cm³/mol. The third-order valence-electron chi connectivity index (χ3n) is 5.46. The van der Waals surface area contributed by atoms with Gasteiger partial charge in [-0.1, -0.05) is 22.9 Å². The highest BCUT2D eigenvalue weighted by atomic mass is 32.1. The van der Waals surface area contributed by atoms with Crippen molar-refractivity contribution in [2.24, 2.45) is 0 Å². The van der Waals surface area contributed by atoms with Crippen LogP contribution in [0.15, 0.2) is 40.1 Å². The van der Waals surface area contributed by atoms with Crippen molar-refractivity contribution in [1.82, 2.24) is 24.9 Å². The van der Waals surface area contributed by atoms with Gasteiger partial charge < -0.3 is 9.26 Å². The van der Waals surface area contributed by atoms with E-state index < -0.39 is 18.1 Å². The molecule has 174 valence electrons. The van der Waals surface area contributed by atoms with E-state index in [1.807, 2.05) is 26.8 Å². The molecule has 3 heterocycles. The summed E-state index contributed by atoms with van der Waals surface area (Å²) in [6, 6.07) is 1.24. The van der Waals surface area contributed by atoms with Gasteiger partial charge in [-0.05, 0) is 45.3 Å². The Labute approximate surface area is 193 Å². The first-order valence-electron chi connectivity index (χ1n) is 10.3. The number of esters is 1. The van der Waals surface area contributed by atoms with Crippen molar-refractivity contribution in [2.75, 3.05) is 7.11 Å². The van der Waals surface area contributed by atoms with E-state index in [1.165, 1.54) is 24.1 Å². The van der Waals surface area contributed by atoms with Gasteiger partial charge in [0.25, 0.3) is 12.3 Å². The van der Waals surface area contributed by atoms with E-state index >= 15 is 0 Å². The molecule has 1 saturated carbocycles. The Morgan fingerprint density at radius 2 is 2.15 bits per heavy atom. The van der Waals surface area contributed by atoms with Gasteiger partial charge in [0, 0.05) is 0 Å². The minimum absolute atomic E-state index is 0.0599. The van der Waals surface area contributed by atoms with Gasteiger partial charge in [0.05, 0.1) is 25.3 Å². The molecule has 0 atom stereocenters. The largest absolute Gasteiger partial charge is 0.465 e. The lowest BCUT2D eigenvalue weighted by molar-refractivity contribution is 0.0606. The Bertz CT molecular complexity index is 1230. The lowest BCUT2D eigenvalue weighted by atomic mass is 9.91. The average Bonchev–Trinajstić information content (AvgIpc) is 3.17. The minimum Gasteiger partial charge on any atom is -0.465 e. The Hall–Kier alpha value is -3.21. The fraction of sp³-hybridized carbons (Fsp3) is 0.409. The third-order valence-corrected chi connectivity index (χ3v) is 6.42. The number of carbonyl (C=O) groups excluding carboxylic acids is 1. The van der Waals surface area contributed by atoms with Crippen LogP contribution in [0.4, 0.5) is 8.78 Å². The molecular formula is C22H23F2N5O3S. The summed E-state index contributed by atoms with van der Waals surface area (Å²) < 4.78 is 38.4. The molecule has 0 aromatic carbocycles. The second kappa shape index (κ2) is 8.97. The van der Waals surface area contributed by atoms with Crippen molar-refractivity contribution in [3.8, 4) is 11.6 Å². The molecule has 0 aliphatic heterocycles. The summed E-state index contributed by atoms with van der Waals surface area (Å²) in [7, 11) is 1.28. The number of halogens is 2. The topological polar surface area (TPSA) is 95.9 Å². The number of methoxy groups -OCH3 is 1. The zero-order chi connectivity index (χ0) is 23.8. The average molecular weight is 476 g/mol. The molecule has 1 fully saturated rings. The van der Waals surface area contributed by atoms with Crippen molar-refractivity contribution in [3.05, 3.63) is 57.0 Å². The summed E-state index contributed by atoms with van der Waals surface area (Å²) in [6.45, 7) is 6.09. The van der Waals surface area contributed by atoms with Crippen molar-refractivity contribution >= 4 is 17.3 Å². The highest BCUT2D eigenvalue weighted by Crippen LogP contribution is 2.54. The van der Waals surface area contributed by atoms with Crippen LogP contribution >= 0.6 is 11.3 Å². The number of hydrogen-bond donors (Lipinski definition) is 0. The van der Waals surface area contributed by atoms with E-state index in [1.54, 1.807) is 0 Å². The molecule has 4 rings (SSSR count). The maximum atomic E-state index is 13.4. The van der Waals surface area contributed by atoms with Crippen LogP contribution in [0, 0.1) is 0 Å². The van der Waals surface area contributed by atoms with E-state index in [0.717, 1.165) is 35.3 Å². The molecule has 3 aromatic rings. The molecule has 0 radical (unpaired) electrons. The van der Waals surface area contributed by atoms with Crippen LogP contribution in [-0.4, -0.2) is 38.0 Å². The molecule has 0 amide bonds. The first-order valence-corrected chi connectivity index (χ1v) is 11.1. The number of thiazole rings is 1. The van der Waals surface area contributed by atoms with Crippen LogP contribution in [0.3, 0.4) is 0 Å². The quantitative estimate of drug-likeness (QED) is 0.330. The van der Waals surface area contributed by atoms with E-state index in [9.17, 15) is 13.6 Å². The highest BCUT2D eigenvalue weighted by molar-refractivity contribution is 7.13. The maximum Gasteiger partial charge on any atom is 0.349 e. The van der Waals surface area contributed by atoms with Gasteiger partial charge in [-0.25, -0.2) is 18.6 Å². The fourth-order valence-corrected chi connectivity index (χ4v) is 4.59. The molecule has 1 aliphatic rings. The van der Waals surface area contributed by atoms with Gasteiger partial charge in [-0.2, -0.15) is 10.1 Å². The second-order valence-corrected chi connectivity index (χ2v) is 9.06. The third kappa shape index (κ3) is 4.37. The van der Waals surface area contributed by atoms with Gasteiger partial charge in [0.1, 0.15) is 21.3 Å². The van der Waals surface area contributed by atoms with Gasteiger partial charge in [0.2, 0.25) is 0 Å². The van der Waals surface area contributed by atoms with Crippen molar-refractivity contribution in [3.63, 3.8) is 0 Å². The molecule has 3 aromatic heterocycles. The monoisotopic (exact) mass is 475 g/mol. The fourth-order valence-electron chi connectivity index (χ4n) is 3.77. The normalized spacial score (nSPS) is 14.8. The number of rotatable bonds is 8. The van der Waals surface area contributed by atoms with Gasteiger partial charge >= 0.3 is 5.97 Å². The highest BCUT2D eigenvalue weighted by Gasteiger charge is 2.51. The lowest BCUT2D eigenvalue weighted by Gasteiger charge is -2.14. The Morgan fingerprint density at radius 1 is 1.39 bits per heavy atom. The van der Waals surface area contributed by atoms with E-state index in [2.05, 4.69) is 26.3 Å². The minimum atomic E-state index is -2.77. The van der Waals surface area contributed by atoms with Crippen molar-refractivity contribution in [2.45, 2.75) is 52.0 Å². The predicted octanol–water partition coefficient (Wildman–Crippen LogP) is 5.11. The molecule has 0 N–H and O–H groups in total. The van der Waals surface area contributed by atoms with Crippen molar-refractivity contribution < 1.29 is 22.8 Å². The molecule has 8 nitrogen and oxygen atoms in total. The Kier molecular flexibility index (Phi) is 6.24. The summed E-state index contributed by atoms with van der Waals surface area (Å²) in [5, 5.41) is 8.70. The molecular weight excluding hydrogens is 452 g/mol. The van der Waals surface area contributed by atoms with Gasteiger partial charge in [-0.15, -0.1) is 11.3 Å². The first-order chi connectivity index (χ1) is 15.8. The van der Waals surface area contributed by atoms with Crippen LogP contribution in [0.1, 0.15) is 66.2 Å². The SMILES string of the molecule is C/C=C\C(=C(C)C)C1(c2noc(-c3cc(C(F)F)nn3Cc3ncc(C(=O)OC)s3)n2)CC1. The van der Waals surface area contributed by atoms with Crippen LogP contribution in [-0.2, 0) is 16.7 Å². The Balaban J connectivity index is 1.69. The Morgan fingerprint density at radius 3 is 2.76 bits per heavy atom. The van der Waals surface area contributed by atoms with Crippen LogP contribution in [0.25, 0.3) is 11.6 Å². The number of hydrogen-bond acceptors (Lipinski definition) is 8. The van der Waals surface area contributed by atoms with Crippen LogP contribution in [0.2, 0.25) is 0 Å². The zero-order valence-electron chi connectivity index (χ0n) is 18.6. The zero-order valence-corrected chi connectivity index (χ0v) is 19.4. The van der Waals surface area contributed by atoms with E-state index in [-0.39, 0.29) is 23.5 Å². The summed E-state index contributed by atoms with van der Waals surface area (Å²) in [6.07, 6.45) is 4.41. The number of carbonyl (C=O) groups is 1. The molecule has 0 unspecified atom stereocenters. The molecule has 0 saturated heterocycles. The molecule has 0 bridgehead atoms. The van der Waals surface area contributed by atoms with E-state index in [4.69, 9.17) is 9.26 Å². The lowest BCUT2D eigenvalue weighted by Crippen LogP contribution is -2.12. The molecule has 1 aliphatic carbocycles. The number of allylic oxidation sites excluding steroid dienone is 4. The number of aromatic nitrogens is 5. The second-order valence-electron chi connectivity index (χ2n) is 7.94. The van der Waals surface area contributed by atoms with Crippen molar-refractivity contribution in [1.29, 1.82) is 0 Å². The summed E-state index contributed by atoms with van der Waals surface area (Å²) in [5.74, 6) is 0.120. The van der Waals surface area contributed by atoms with Gasteiger partial charge in [-0.3, -0.25) is 4.68 Å². The summed E-state index contributed by atoms with van der Waals surface area (Å²) in [4.78, 5) is 20.8. The van der Waals surface area contributed by atoms with Gasteiger partial charge in [0.15, 0.2) is 5.82 Å². The molecule has 0 spiro atoms. The molecule has 11 heteroatoms. The number of alkyl halides is 2. The first kappa shape index (κ1) is 23.0. The smallest absolute Gasteiger partial charge is 0.349 e.